The standard InChI is InChI=1S/C27H34N4O5S/c1-2-36-27(33)29-18-14-21(15-19-29)31-25(23-8-4-5-9-24(23)26(31)32)28-20-10-12-22(13-11-20)37(34,35)30-16-6-3-7-17-30/h4-5,8-13,21,25,28H,2-3,6-7,14-19H2,1H3/t25-/m0/s1. The molecule has 2 aromatic rings. The van der Waals surface area contributed by atoms with E-state index < -0.39 is 10.0 Å². The van der Waals surface area contributed by atoms with Crippen molar-refractivity contribution in [2.45, 2.75) is 56.1 Å². The van der Waals surface area contributed by atoms with E-state index in [4.69, 9.17) is 4.74 Å². The summed E-state index contributed by atoms with van der Waals surface area (Å²) in [5, 5.41) is 3.48. The summed E-state index contributed by atoms with van der Waals surface area (Å²) in [6, 6.07) is 14.3. The van der Waals surface area contributed by atoms with Crippen LogP contribution < -0.4 is 5.32 Å². The summed E-state index contributed by atoms with van der Waals surface area (Å²) >= 11 is 0. The number of sulfonamides is 1. The van der Waals surface area contributed by atoms with Gasteiger partial charge in [-0.2, -0.15) is 4.31 Å². The van der Waals surface area contributed by atoms with Crippen molar-refractivity contribution in [2.75, 3.05) is 38.1 Å². The van der Waals surface area contributed by atoms with E-state index in [1.807, 2.05) is 29.2 Å². The van der Waals surface area contributed by atoms with Gasteiger partial charge in [-0.15, -0.1) is 0 Å². The Morgan fingerprint density at radius 2 is 1.65 bits per heavy atom. The van der Waals surface area contributed by atoms with Gasteiger partial charge in [-0.05, 0) is 62.9 Å². The fourth-order valence-electron chi connectivity index (χ4n) is 5.54. The summed E-state index contributed by atoms with van der Waals surface area (Å²) in [6.45, 7) is 4.30. The Morgan fingerprint density at radius 1 is 0.973 bits per heavy atom. The maximum atomic E-state index is 13.5. The third-order valence-corrected chi connectivity index (χ3v) is 9.41. The molecule has 5 rings (SSSR count). The third-order valence-electron chi connectivity index (χ3n) is 7.49. The van der Waals surface area contributed by atoms with Gasteiger partial charge < -0.3 is 19.9 Å². The number of nitrogens with one attached hydrogen (secondary N) is 1. The number of carbonyl (C=O) groups is 2. The SMILES string of the molecule is CCOC(=O)N1CCC(N2C(=O)c3ccccc3[C@H]2Nc2ccc(S(=O)(=O)N3CCCCC3)cc2)CC1. The maximum absolute atomic E-state index is 13.5. The lowest BCUT2D eigenvalue weighted by atomic mass is 10.0. The zero-order chi connectivity index (χ0) is 26.0. The van der Waals surface area contributed by atoms with Crippen LogP contribution in [0.4, 0.5) is 10.5 Å². The van der Waals surface area contributed by atoms with Gasteiger partial charge in [-0.1, -0.05) is 24.6 Å². The van der Waals surface area contributed by atoms with E-state index in [0.29, 0.717) is 51.2 Å². The Balaban J connectivity index is 1.34. The summed E-state index contributed by atoms with van der Waals surface area (Å²) in [5.41, 5.74) is 2.29. The van der Waals surface area contributed by atoms with Gasteiger partial charge in [0, 0.05) is 49.0 Å². The molecule has 10 heteroatoms. The fraction of sp³-hybridized carbons (Fsp3) is 0.481. The van der Waals surface area contributed by atoms with E-state index in [1.165, 1.54) is 0 Å². The number of ether oxygens (including phenoxy) is 1. The number of nitrogens with zero attached hydrogens (tertiary/aromatic N) is 3. The Morgan fingerprint density at radius 3 is 2.32 bits per heavy atom. The van der Waals surface area contributed by atoms with Crippen molar-refractivity contribution in [3.8, 4) is 0 Å². The van der Waals surface area contributed by atoms with Gasteiger partial charge in [0.1, 0.15) is 6.17 Å². The molecule has 2 aromatic carbocycles. The first kappa shape index (κ1) is 25.5. The number of fused-ring (bicyclic) bond motifs is 1. The van der Waals surface area contributed by atoms with Gasteiger partial charge in [-0.25, -0.2) is 13.2 Å². The highest BCUT2D eigenvalue weighted by Crippen LogP contribution is 2.38. The molecule has 198 valence electrons. The van der Waals surface area contributed by atoms with Crippen LogP contribution in [-0.4, -0.2) is 73.4 Å². The smallest absolute Gasteiger partial charge is 0.409 e. The summed E-state index contributed by atoms with van der Waals surface area (Å²) in [6.07, 6.45) is 3.46. The summed E-state index contributed by atoms with van der Waals surface area (Å²) in [7, 11) is -3.51. The maximum Gasteiger partial charge on any atom is 0.409 e. The molecule has 37 heavy (non-hydrogen) atoms. The van der Waals surface area contributed by atoms with Crippen molar-refractivity contribution < 1.29 is 22.7 Å². The molecule has 0 bridgehead atoms. The largest absolute Gasteiger partial charge is 0.450 e. The second-order valence-corrected chi connectivity index (χ2v) is 11.7. The van der Waals surface area contributed by atoms with Crippen LogP contribution in [0.2, 0.25) is 0 Å². The van der Waals surface area contributed by atoms with Gasteiger partial charge in [0.15, 0.2) is 0 Å². The zero-order valence-corrected chi connectivity index (χ0v) is 22.0. The molecular weight excluding hydrogens is 492 g/mol. The molecule has 2 saturated heterocycles. The number of amides is 2. The average Bonchev–Trinajstić information content (AvgIpc) is 3.21. The number of benzene rings is 2. The highest BCUT2D eigenvalue weighted by atomic mass is 32.2. The van der Waals surface area contributed by atoms with Crippen molar-refractivity contribution in [3.63, 3.8) is 0 Å². The van der Waals surface area contributed by atoms with Crippen molar-refractivity contribution >= 4 is 27.7 Å². The van der Waals surface area contributed by atoms with Crippen LogP contribution in [0.5, 0.6) is 0 Å². The van der Waals surface area contributed by atoms with Crippen molar-refractivity contribution in [1.29, 1.82) is 0 Å². The molecule has 0 saturated carbocycles. The number of rotatable bonds is 6. The molecule has 0 spiro atoms. The van der Waals surface area contributed by atoms with E-state index in [-0.39, 0.29) is 29.1 Å². The van der Waals surface area contributed by atoms with E-state index in [1.54, 1.807) is 40.4 Å². The van der Waals surface area contributed by atoms with E-state index in [9.17, 15) is 18.0 Å². The van der Waals surface area contributed by atoms with Gasteiger partial charge >= 0.3 is 6.09 Å². The Bertz CT molecular complexity index is 1240. The number of anilines is 1. The lowest BCUT2D eigenvalue weighted by molar-refractivity contribution is 0.0496. The third kappa shape index (κ3) is 5.04. The predicted octanol–water partition coefficient (Wildman–Crippen LogP) is 4.05. The monoisotopic (exact) mass is 526 g/mol. The zero-order valence-electron chi connectivity index (χ0n) is 21.1. The molecule has 1 N–H and O–H groups in total. The van der Waals surface area contributed by atoms with Gasteiger partial charge in [0.2, 0.25) is 10.0 Å². The lowest BCUT2D eigenvalue weighted by Crippen LogP contribution is -2.49. The minimum atomic E-state index is -3.51. The highest BCUT2D eigenvalue weighted by molar-refractivity contribution is 7.89. The quantitative estimate of drug-likeness (QED) is 0.610. The molecule has 9 nitrogen and oxygen atoms in total. The number of hydrogen-bond donors (Lipinski definition) is 1. The highest BCUT2D eigenvalue weighted by Gasteiger charge is 2.42. The minimum Gasteiger partial charge on any atom is -0.450 e. The summed E-state index contributed by atoms with van der Waals surface area (Å²) < 4.78 is 32.8. The van der Waals surface area contributed by atoms with Crippen LogP contribution in [-0.2, 0) is 14.8 Å². The molecule has 3 heterocycles. The fourth-order valence-corrected chi connectivity index (χ4v) is 7.05. The molecule has 3 aliphatic heterocycles. The predicted molar refractivity (Wildman–Crippen MR) is 140 cm³/mol. The molecule has 0 radical (unpaired) electrons. The first-order valence-corrected chi connectivity index (χ1v) is 14.5. The summed E-state index contributed by atoms with van der Waals surface area (Å²) in [4.78, 5) is 29.5. The average molecular weight is 527 g/mol. The number of carbonyl (C=O) groups excluding carboxylic acids is 2. The van der Waals surface area contributed by atoms with Crippen LogP contribution in [0.3, 0.4) is 0 Å². The number of likely N-dealkylation sites (tertiary alicyclic amines) is 1. The molecule has 0 aromatic heterocycles. The molecule has 2 fully saturated rings. The second-order valence-electron chi connectivity index (χ2n) is 9.75. The lowest BCUT2D eigenvalue weighted by Gasteiger charge is -2.39. The van der Waals surface area contributed by atoms with Crippen LogP contribution in [0.25, 0.3) is 0 Å². The Labute approximate surface area is 218 Å². The number of hydrogen-bond acceptors (Lipinski definition) is 6. The molecule has 0 unspecified atom stereocenters. The van der Waals surface area contributed by atoms with Gasteiger partial charge in [0.05, 0.1) is 11.5 Å². The first-order chi connectivity index (χ1) is 17.9. The van der Waals surface area contributed by atoms with Crippen molar-refractivity contribution in [3.05, 3.63) is 59.7 Å². The molecule has 0 aliphatic carbocycles. The van der Waals surface area contributed by atoms with Crippen LogP contribution >= 0.6 is 0 Å². The van der Waals surface area contributed by atoms with Crippen LogP contribution in [0.15, 0.2) is 53.4 Å². The Kier molecular flexibility index (Phi) is 7.39. The van der Waals surface area contributed by atoms with Crippen LogP contribution in [0, 0.1) is 0 Å². The summed E-state index contributed by atoms with van der Waals surface area (Å²) in [5.74, 6) is -0.0352. The van der Waals surface area contributed by atoms with E-state index in [0.717, 1.165) is 30.5 Å². The second kappa shape index (κ2) is 10.7. The van der Waals surface area contributed by atoms with Crippen molar-refractivity contribution in [2.24, 2.45) is 0 Å². The molecule has 2 amide bonds. The van der Waals surface area contributed by atoms with Gasteiger partial charge in [0.25, 0.3) is 5.91 Å². The van der Waals surface area contributed by atoms with Crippen LogP contribution in [0.1, 0.15) is 61.1 Å². The topological polar surface area (TPSA) is 99.3 Å². The molecular formula is C27H34N4O5S. The minimum absolute atomic E-state index is 0.0352. The molecule has 3 aliphatic rings. The van der Waals surface area contributed by atoms with E-state index >= 15 is 0 Å². The van der Waals surface area contributed by atoms with Crippen molar-refractivity contribution in [1.82, 2.24) is 14.1 Å². The normalized spacial score (nSPS) is 21.1. The van der Waals surface area contributed by atoms with E-state index in [2.05, 4.69) is 5.32 Å². The van der Waals surface area contributed by atoms with Gasteiger partial charge in [-0.3, -0.25) is 4.79 Å². The Hall–Kier alpha value is -3.11. The molecule has 1 atom stereocenters. The number of piperidine rings is 2. The first-order valence-electron chi connectivity index (χ1n) is 13.1.